The van der Waals surface area contributed by atoms with Gasteiger partial charge in [-0.2, -0.15) is 5.26 Å². The highest BCUT2D eigenvalue weighted by atomic mass is 16.5. The van der Waals surface area contributed by atoms with Gasteiger partial charge in [0.2, 0.25) is 5.95 Å². The lowest BCUT2D eigenvalue weighted by molar-refractivity contribution is -0.0458. The average Bonchev–Trinajstić information content (AvgIpc) is 3.81. The second kappa shape index (κ2) is 14.1. The van der Waals surface area contributed by atoms with E-state index in [9.17, 15) is 10.4 Å². The minimum absolute atomic E-state index is 0.0858. The minimum atomic E-state index is -1.02. The standard InChI is InChI=1S/C34H43N11O4/c1-22(16-43-21-38-41-42-43)49-31-12-23(4-5-24(31)13-35)25-14-36-33(37-15-25)39-30-17-44(40-32(30)48-20-34(2,3)46)26-6-8-27(9-7-26)45-28-10-11-29(45)19-47-18-28/h4-5,12,14-15,17,21-22,26-29,46H,6-11,16,18-20H2,1-3H3,(H,36,37,39)/t22-,26?,27?,28-,29+/m0/s1. The fourth-order valence-corrected chi connectivity index (χ4v) is 7.21. The van der Waals surface area contributed by atoms with E-state index in [0.29, 0.717) is 53.5 Å². The van der Waals surface area contributed by atoms with Gasteiger partial charge in [0.1, 0.15) is 36.5 Å². The Balaban J connectivity index is 1.04. The van der Waals surface area contributed by atoms with Crippen LogP contribution in [0.3, 0.4) is 0 Å². The number of morpholine rings is 1. The van der Waals surface area contributed by atoms with Gasteiger partial charge in [-0.25, -0.2) is 14.6 Å². The molecule has 0 spiro atoms. The second-order valence-corrected chi connectivity index (χ2v) is 14.0. The van der Waals surface area contributed by atoms with E-state index in [1.807, 2.05) is 29.9 Å². The molecule has 1 aromatic carbocycles. The third-order valence-electron chi connectivity index (χ3n) is 9.52. The van der Waals surface area contributed by atoms with Crippen molar-refractivity contribution in [2.24, 2.45) is 0 Å². The molecule has 2 bridgehead atoms. The van der Waals surface area contributed by atoms with Gasteiger partial charge in [-0.05, 0) is 87.4 Å². The third kappa shape index (κ3) is 7.66. The van der Waals surface area contributed by atoms with Crippen LogP contribution in [-0.2, 0) is 11.3 Å². The molecule has 1 aliphatic carbocycles. The Morgan fingerprint density at radius 1 is 1.04 bits per heavy atom. The summed E-state index contributed by atoms with van der Waals surface area (Å²) in [5.41, 5.74) is 1.59. The van der Waals surface area contributed by atoms with Gasteiger partial charge in [0, 0.05) is 36.1 Å². The van der Waals surface area contributed by atoms with Crippen molar-refractivity contribution < 1.29 is 19.3 Å². The van der Waals surface area contributed by atoms with Crippen LogP contribution in [0.25, 0.3) is 11.1 Å². The number of tetrazole rings is 1. The molecule has 15 heteroatoms. The highest BCUT2D eigenvalue weighted by Gasteiger charge is 2.42. The van der Waals surface area contributed by atoms with Gasteiger partial charge < -0.3 is 24.6 Å². The Labute approximate surface area is 285 Å². The van der Waals surface area contributed by atoms with Crippen molar-refractivity contribution in [1.29, 1.82) is 5.26 Å². The van der Waals surface area contributed by atoms with Crippen LogP contribution in [0.15, 0.2) is 43.1 Å². The van der Waals surface area contributed by atoms with E-state index >= 15 is 0 Å². The van der Waals surface area contributed by atoms with Crippen LogP contribution in [0.2, 0.25) is 0 Å². The molecule has 3 aliphatic rings. The molecule has 15 nitrogen and oxygen atoms in total. The fraction of sp³-hybridized carbons (Fsp3) is 0.559. The first kappa shape index (κ1) is 32.9. The predicted octanol–water partition coefficient (Wildman–Crippen LogP) is 3.91. The lowest BCUT2D eigenvalue weighted by atomic mass is 9.89. The summed E-state index contributed by atoms with van der Waals surface area (Å²) in [6.07, 6.45) is 13.4. The van der Waals surface area contributed by atoms with Crippen LogP contribution in [0, 0.1) is 11.3 Å². The molecule has 3 atom stereocenters. The summed E-state index contributed by atoms with van der Waals surface area (Å²) in [4.78, 5) is 11.9. The molecule has 0 amide bonds. The maximum absolute atomic E-state index is 10.4. The number of nitriles is 1. The summed E-state index contributed by atoms with van der Waals surface area (Å²) in [6.45, 7) is 7.54. The zero-order valence-corrected chi connectivity index (χ0v) is 28.1. The monoisotopic (exact) mass is 669 g/mol. The topological polar surface area (TPSA) is 174 Å². The van der Waals surface area contributed by atoms with Crippen molar-refractivity contribution in [2.45, 2.75) is 102 Å². The smallest absolute Gasteiger partial charge is 0.257 e. The molecule has 2 aliphatic heterocycles. The normalized spacial score (nSPS) is 23.2. The Morgan fingerprint density at radius 3 is 2.43 bits per heavy atom. The van der Waals surface area contributed by atoms with Crippen LogP contribution < -0.4 is 14.8 Å². The molecule has 0 radical (unpaired) electrons. The highest BCUT2D eigenvalue weighted by molar-refractivity contribution is 5.67. The summed E-state index contributed by atoms with van der Waals surface area (Å²) in [5, 5.41) is 39.3. The van der Waals surface area contributed by atoms with Crippen LogP contribution in [0.1, 0.15) is 70.9 Å². The number of rotatable bonds is 12. The first-order valence-corrected chi connectivity index (χ1v) is 17.0. The number of nitrogens with one attached hydrogen (secondary N) is 1. The maximum Gasteiger partial charge on any atom is 0.257 e. The van der Waals surface area contributed by atoms with Crippen LogP contribution in [-0.4, -0.2) is 99.6 Å². The largest absolute Gasteiger partial charge is 0.487 e. The third-order valence-corrected chi connectivity index (χ3v) is 9.52. The molecule has 0 unspecified atom stereocenters. The molecule has 2 N–H and O–H groups in total. The van der Waals surface area contributed by atoms with Gasteiger partial charge in [-0.3, -0.25) is 9.58 Å². The summed E-state index contributed by atoms with van der Waals surface area (Å²) >= 11 is 0. The zero-order chi connectivity index (χ0) is 34.0. The number of anilines is 2. The Bertz CT molecular complexity index is 1720. The molecular formula is C34H43N11O4. The predicted molar refractivity (Wildman–Crippen MR) is 178 cm³/mol. The first-order valence-electron chi connectivity index (χ1n) is 17.0. The van der Waals surface area contributed by atoms with Gasteiger partial charge in [0.25, 0.3) is 5.88 Å². The van der Waals surface area contributed by atoms with Crippen molar-refractivity contribution in [3.63, 3.8) is 0 Å². The molecule has 3 aromatic heterocycles. The zero-order valence-electron chi connectivity index (χ0n) is 28.1. The van der Waals surface area contributed by atoms with Crippen molar-refractivity contribution in [3.8, 4) is 28.8 Å². The molecule has 7 rings (SSSR count). The van der Waals surface area contributed by atoms with Crippen LogP contribution >= 0.6 is 0 Å². The van der Waals surface area contributed by atoms with Gasteiger partial charge in [-0.1, -0.05) is 6.07 Å². The molecular weight excluding hydrogens is 626 g/mol. The number of hydrogen-bond donors (Lipinski definition) is 2. The number of nitrogens with zero attached hydrogens (tertiary/aromatic N) is 10. The van der Waals surface area contributed by atoms with E-state index in [1.165, 1.54) is 19.2 Å². The number of benzene rings is 1. The first-order chi connectivity index (χ1) is 23.7. The molecule has 3 fully saturated rings. The highest BCUT2D eigenvalue weighted by Crippen LogP contribution is 2.39. The van der Waals surface area contributed by atoms with E-state index in [1.54, 1.807) is 37.0 Å². The minimum Gasteiger partial charge on any atom is -0.487 e. The Hall–Kier alpha value is -4.65. The number of fused-ring (bicyclic) bond motifs is 2. The summed E-state index contributed by atoms with van der Waals surface area (Å²) in [6, 6.07) is 9.56. The van der Waals surface area contributed by atoms with Crippen molar-refractivity contribution in [2.75, 3.05) is 25.1 Å². The number of hydrogen-bond acceptors (Lipinski definition) is 13. The second-order valence-electron chi connectivity index (χ2n) is 14.0. The quantitative estimate of drug-likeness (QED) is 0.222. The van der Waals surface area contributed by atoms with Gasteiger partial charge in [0.05, 0.1) is 43.2 Å². The van der Waals surface area contributed by atoms with E-state index in [0.717, 1.165) is 50.0 Å². The molecule has 49 heavy (non-hydrogen) atoms. The van der Waals surface area contributed by atoms with Crippen LogP contribution in [0.5, 0.6) is 11.6 Å². The van der Waals surface area contributed by atoms with Crippen molar-refractivity contribution >= 4 is 11.6 Å². The molecule has 258 valence electrons. The summed E-state index contributed by atoms with van der Waals surface area (Å²) in [5.74, 6) is 1.23. The van der Waals surface area contributed by atoms with E-state index in [4.69, 9.17) is 19.3 Å². The number of aliphatic hydroxyl groups is 1. The van der Waals surface area contributed by atoms with Gasteiger partial charge >= 0.3 is 0 Å². The molecule has 1 saturated carbocycles. The van der Waals surface area contributed by atoms with E-state index < -0.39 is 5.60 Å². The molecule has 5 heterocycles. The summed E-state index contributed by atoms with van der Waals surface area (Å²) < 4.78 is 21.5. The Morgan fingerprint density at radius 2 is 1.76 bits per heavy atom. The lowest BCUT2D eigenvalue weighted by Gasteiger charge is -2.43. The van der Waals surface area contributed by atoms with Crippen molar-refractivity contribution in [1.82, 2.24) is 44.9 Å². The number of aromatic nitrogens is 8. The van der Waals surface area contributed by atoms with E-state index in [2.05, 4.69) is 41.8 Å². The van der Waals surface area contributed by atoms with Crippen molar-refractivity contribution in [3.05, 3.63) is 48.7 Å². The molecule has 2 saturated heterocycles. The Kier molecular flexibility index (Phi) is 9.44. The average molecular weight is 670 g/mol. The summed E-state index contributed by atoms with van der Waals surface area (Å²) in [7, 11) is 0. The molecule has 4 aromatic rings. The fourth-order valence-electron chi connectivity index (χ4n) is 7.21. The van der Waals surface area contributed by atoms with Gasteiger partial charge in [0.15, 0.2) is 0 Å². The lowest BCUT2D eigenvalue weighted by Crippen LogP contribution is -2.52. The van der Waals surface area contributed by atoms with Gasteiger partial charge in [-0.15, -0.1) is 10.2 Å². The van der Waals surface area contributed by atoms with Crippen LogP contribution in [0.4, 0.5) is 11.6 Å². The number of ether oxygens (including phenoxy) is 3. The van der Waals surface area contributed by atoms with E-state index in [-0.39, 0.29) is 18.8 Å². The maximum atomic E-state index is 10.4. The SMILES string of the molecule is C[C@@H](Cn1cnnn1)Oc1cc(-c2cnc(Nc3cn(C4CCC(N5[C@@H]6CC[C@H]5COC6)CC4)nc3OCC(C)(C)O)nc2)ccc1C#N.